The van der Waals surface area contributed by atoms with E-state index in [2.05, 4.69) is 15.0 Å². The zero-order valence-corrected chi connectivity index (χ0v) is 15.0. The minimum atomic E-state index is -4.73. The van der Waals surface area contributed by atoms with Crippen LogP contribution in [0, 0.1) is 0 Å². The summed E-state index contributed by atoms with van der Waals surface area (Å²) < 4.78 is 46.9. The van der Waals surface area contributed by atoms with Crippen molar-refractivity contribution in [2.24, 2.45) is 0 Å². The van der Waals surface area contributed by atoms with E-state index in [1.165, 1.54) is 35.0 Å². The van der Waals surface area contributed by atoms with Crippen molar-refractivity contribution in [3.05, 3.63) is 83.7 Å². The van der Waals surface area contributed by atoms with Crippen LogP contribution in [0.1, 0.15) is 16.8 Å². The predicted molar refractivity (Wildman–Crippen MR) is 97.5 cm³/mol. The van der Waals surface area contributed by atoms with Crippen LogP contribution in [0.25, 0.3) is 6.08 Å². The second kappa shape index (κ2) is 9.05. The molecule has 0 spiro atoms. The molecule has 9 heteroatoms. The number of alkyl halides is 3. The fourth-order valence-electron chi connectivity index (χ4n) is 2.39. The van der Waals surface area contributed by atoms with E-state index < -0.39 is 12.3 Å². The van der Waals surface area contributed by atoms with E-state index in [-0.39, 0.29) is 12.4 Å². The van der Waals surface area contributed by atoms with Gasteiger partial charge in [-0.3, -0.25) is 0 Å². The summed E-state index contributed by atoms with van der Waals surface area (Å²) >= 11 is 0. The molecule has 0 amide bonds. The van der Waals surface area contributed by atoms with Crippen LogP contribution in [0.3, 0.4) is 0 Å². The van der Waals surface area contributed by atoms with Gasteiger partial charge in [-0.1, -0.05) is 47.7 Å². The quantitative estimate of drug-likeness (QED) is 0.441. The number of nitrogens with zero attached hydrogens (tertiary/aromatic N) is 3. The molecule has 1 aromatic heterocycles. The van der Waals surface area contributed by atoms with Crippen molar-refractivity contribution in [3.63, 3.8) is 0 Å². The number of aromatic nitrogens is 3. The van der Waals surface area contributed by atoms with Gasteiger partial charge in [-0.2, -0.15) is 0 Å². The highest BCUT2D eigenvalue weighted by atomic mass is 19.4. The smallest absolute Gasteiger partial charge is 0.456 e. The van der Waals surface area contributed by atoms with Crippen molar-refractivity contribution in [3.8, 4) is 5.75 Å². The molecule has 0 aliphatic heterocycles. The van der Waals surface area contributed by atoms with Crippen LogP contribution in [0.2, 0.25) is 0 Å². The third-order valence-electron chi connectivity index (χ3n) is 3.66. The summed E-state index contributed by atoms with van der Waals surface area (Å²) in [4.78, 5) is 11.8. The van der Waals surface area contributed by atoms with Crippen LogP contribution < -0.4 is 4.74 Å². The summed E-state index contributed by atoms with van der Waals surface area (Å²) in [7, 11) is 0. The molecular formula is C20H16F3N3O3. The first-order chi connectivity index (χ1) is 13.9. The monoisotopic (exact) mass is 403 g/mol. The summed E-state index contributed by atoms with van der Waals surface area (Å²) in [5.41, 5.74) is 2.03. The molecule has 0 radical (unpaired) electrons. The topological polar surface area (TPSA) is 66.2 Å². The summed E-state index contributed by atoms with van der Waals surface area (Å²) in [5, 5.41) is 7.82. The zero-order chi connectivity index (χ0) is 20.7. The molecule has 0 saturated carbocycles. The number of esters is 1. The minimum Gasteiger partial charge on any atom is -0.456 e. The van der Waals surface area contributed by atoms with E-state index in [1.807, 2.05) is 30.3 Å². The SMILES string of the molecule is O=C(/C=C/c1ccccc1)OCc1cn(Cc2ccc(OC(F)(F)F)cc2)nn1. The highest BCUT2D eigenvalue weighted by molar-refractivity contribution is 5.86. The van der Waals surface area contributed by atoms with Crippen LogP contribution in [0.5, 0.6) is 5.75 Å². The van der Waals surface area contributed by atoms with E-state index in [0.717, 1.165) is 5.56 Å². The van der Waals surface area contributed by atoms with Gasteiger partial charge in [0.1, 0.15) is 18.1 Å². The van der Waals surface area contributed by atoms with Crippen molar-refractivity contribution < 1.29 is 27.4 Å². The maximum absolute atomic E-state index is 12.2. The number of hydrogen-bond donors (Lipinski definition) is 0. The van der Waals surface area contributed by atoms with Crippen LogP contribution in [0.15, 0.2) is 66.9 Å². The Morgan fingerprint density at radius 1 is 1.07 bits per heavy atom. The molecule has 29 heavy (non-hydrogen) atoms. The van der Waals surface area contributed by atoms with Crippen molar-refractivity contribution in [1.82, 2.24) is 15.0 Å². The molecular weight excluding hydrogens is 387 g/mol. The number of carbonyl (C=O) groups excluding carboxylic acids is 1. The summed E-state index contributed by atoms with van der Waals surface area (Å²) in [6.45, 7) is 0.247. The molecule has 0 atom stereocenters. The van der Waals surface area contributed by atoms with Gasteiger partial charge in [0, 0.05) is 6.08 Å². The van der Waals surface area contributed by atoms with E-state index >= 15 is 0 Å². The summed E-state index contributed by atoms with van der Waals surface area (Å²) in [5.74, 6) is -0.806. The molecule has 0 bridgehead atoms. The lowest BCUT2D eigenvalue weighted by atomic mass is 10.2. The van der Waals surface area contributed by atoms with Gasteiger partial charge in [0.15, 0.2) is 0 Å². The average Bonchev–Trinajstić information content (AvgIpc) is 3.13. The summed E-state index contributed by atoms with van der Waals surface area (Å²) in [6.07, 6.45) is -0.167. The van der Waals surface area contributed by atoms with Gasteiger partial charge in [0.2, 0.25) is 0 Å². The van der Waals surface area contributed by atoms with Gasteiger partial charge in [-0.25, -0.2) is 9.48 Å². The molecule has 6 nitrogen and oxygen atoms in total. The number of ether oxygens (including phenoxy) is 2. The third kappa shape index (κ3) is 6.80. The Hall–Kier alpha value is -3.62. The Kier molecular flexibility index (Phi) is 6.28. The molecule has 3 rings (SSSR count). The number of halogens is 3. The first-order valence-electron chi connectivity index (χ1n) is 8.51. The Labute approximate surface area is 164 Å². The van der Waals surface area contributed by atoms with Crippen LogP contribution in [0.4, 0.5) is 13.2 Å². The predicted octanol–water partition coefficient (Wildman–Crippen LogP) is 3.98. The highest BCUT2D eigenvalue weighted by Gasteiger charge is 2.30. The second-order valence-corrected chi connectivity index (χ2v) is 5.95. The molecule has 0 N–H and O–H groups in total. The number of hydrogen-bond acceptors (Lipinski definition) is 5. The first kappa shape index (κ1) is 20.1. The third-order valence-corrected chi connectivity index (χ3v) is 3.66. The van der Waals surface area contributed by atoms with Crippen molar-refractivity contribution in [1.29, 1.82) is 0 Å². The van der Waals surface area contributed by atoms with Gasteiger partial charge in [-0.05, 0) is 29.3 Å². The van der Waals surface area contributed by atoms with E-state index in [4.69, 9.17) is 4.74 Å². The molecule has 2 aromatic carbocycles. The fraction of sp³-hybridized carbons (Fsp3) is 0.150. The Morgan fingerprint density at radius 2 is 1.79 bits per heavy atom. The molecule has 150 valence electrons. The highest BCUT2D eigenvalue weighted by Crippen LogP contribution is 2.22. The number of rotatable bonds is 7. The zero-order valence-electron chi connectivity index (χ0n) is 15.0. The lowest BCUT2D eigenvalue weighted by Crippen LogP contribution is -2.17. The van der Waals surface area contributed by atoms with E-state index in [9.17, 15) is 18.0 Å². The fourth-order valence-corrected chi connectivity index (χ4v) is 2.39. The molecule has 1 heterocycles. The van der Waals surface area contributed by atoms with Gasteiger partial charge >= 0.3 is 12.3 Å². The van der Waals surface area contributed by atoms with Gasteiger partial charge in [0.05, 0.1) is 12.7 Å². The van der Waals surface area contributed by atoms with Crippen molar-refractivity contribution >= 4 is 12.0 Å². The maximum Gasteiger partial charge on any atom is 0.573 e. The Balaban J connectivity index is 1.49. The number of carbonyl (C=O) groups is 1. The average molecular weight is 403 g/mol. The molecule has 0 saturated heterocycles. The van der Waals surface area contributed by atoms with Crippen LogP contribution in [-0.4, -0.2) is 27.3 Å². The standard InChI is InChI=1S/C20H16F3N3O3/c21-20(22,23)29-18-9-6-16(7-10-18)12-26-13-17(24-25-26)14-28-19(27)11-8-15-4-2-1-3-5-15/h1-11,13H,12,14H2/b11-8+. The Bertz CT molecular complexity index is 968. The van der Waals surface area contributed by atoms with Gasteiger partial charge < -0.3 is 9.47 Å². The lowest BCUT2D eigenvalue weighted by Gasteiger charge is -2.09. The van der Waals surface area contributed by atoms with Crippen molar-refractivity contribution in [2.75, 3.05) is 0 Å². The maximum atomic E-state index is 12.2. The molecule has 3 aromatic rings. The van der Waals surface area contributed by atoms with E-state index in [0.29, 0.717) is 17.8 Å². The van der Waals surface area contributed by atoms with Crippen LogP contribution >= 0.6 is 0 Å². The molecule has 0 aliphatic carbocycles. The van der Waals surface area contributed by atoms with Crippen molar-refractivity contribution in [2.45, 2.75) is 19.5 Å². The summed E-state index contributed by atoms with van der Waals surface area (Å²) in [6, 6.07) is 14.8. The van der Waals surface area contributed by atoms with Gasteiger partial charge in [-0.15, -0.1) is 18.3 Å². The largest absolute Gasteiger partial charge is 0.573 e. The Morgan fingerprint density at radius 3 is 2.48 bits per heavy atom. The molecule has 0 aliphatic rings. The van der Waals surface area contributed by atoms with Gasteiger partial charge in [0.25, 0.3) is 0 Å². The number of benzene rings is 2. The molecule has 0 fully saturated rings. The lowest BCUT2D eigenvalue weighted by molar-refractivity contribution is -0.274. The van der Waals surface area contributed by atoms with E-state index in [1.54, 1.807) is 12.3 Å². The second-order valence-electron chi connectivity index (χ2n) is 5.95. The minimum absolute atomic E-state index is 0.0453. The normalized spacial score (nSPS) is 11.6. The van der Waals surface area contributed by atoms with Crippen LogP contribution in [-0.2, 0) is 22.7 Å². The first-order valence-corrected chi connectivity index (χ1v) is 8.51. The molecule has 0 unspecified atom stereocenters.